The fourth-order valence-corrected chi connectivity index (χ4v) is 3.75. The van der Waals surface area contributed by atoms with E-state index in [9.17, 15) is 33.0 Å². The van der Waals surface area contributed by atoms with Crippen LogP contribution in [0.3, 0.4) is 0 Å². The monoisotopic (exact) mass is 552 g/mol. The molecule has 188 valence electrons. The zero-order chi connectivity index (χ0) is 25.9. The van der Waals surface area contributed by atoms with E-state index in [1.165, 1.54) is 36.4 Å². The Morgan fingerprint density at radius 1 is 1.11 bits per heavy atom. The quantitative estimate of drug-likeness (QED) is 0.396. The fraction of sp³-hybridized carbons (Fsp3) is 0.286. The highest BCUT2D eigenvalue weighted by Crippen LogP contribution is 2.30. The van der Waals surface area contributed by atoms with Crippen LogP contribution in [0, 0.1) is 0 Å². The van der Waals surface area contributed by atoms with E-state index in [1.54, 1.807) is 6.07 Å². The van der Waals surface area contributed by atoms with Crippen LogP contribution in [0.5, 0.6) is 0 Å². The summed E-state index contributed by atoms with van der Waals surface area (Å²) in [5, 5.41) is 26.4. The molecule has 0 radical (unpaired) electrons. The summed E-state index contributed by atoms with van der Waals surface area (Å²) < 4.78 is 40.1. The Balaban J connectivity index is 1.91. The van der Waals surface area contributed by atoms with Gasteiger partial charge in [-0.25, -0.2) is 9.48 Å². The molecular formula is C21H18Cl3F3N4O4. The number of nitrogens with zero attached hydrogens (tertiary/aromatic N) is 3. The number of amides is 1. The zero-order valence-corrected chi connectivity index (χ0v) is 19.9. The van der Waals surface area contributed by atoms with E-state index < -0.39 is 49.6 Å². The molecule has 0 spiro atoms. The lowest BCUT2D eigenvalue weighted by atomic mass is 10.1. The standard InChI is InChI=1S/C21H18Cl3F3N4O4/c22-12-6-4-11(5-7-12)19-29-31(20(35)30(19)8-16(33)21(25,26)27)9-17(34)28-15(10-32)13-2-1-3-14(23)18(13)24/h1-7,15-16,32-33H,8-10H2,(H,28,34)/t15?,16-/m0/s1. The van der Waals surface area contributed by atoms with Gasteiger partial charge in [-0.1, -0.05) is 46.9 Å². The maximum atomic E-state index is 13.0. The van der Waals surface area contributed by atoms with Crippen LogP contribution in [-0.2, 0) is 17.9 Å². The van der Waals surface area contributed by atoms with Gasteiger partial charge in [-0.3, -0.25) is 9.36 Å². The lowest BCUT2D eigenvalue weighted by molar-refractivity contribution is -0.207. The van der Waals surface area contributed by atoms with Crippen molar-refractivity contribution in [3.05, 3.63) is 73.6 Å². The molecule has 35 heavy (non-hydrogen) atoms. The van der Waals surface area contributed by atoms with Gasteiger partial charge in [0.15, 0.2) is 11.9 Å². The van der Waals surface area contributed by atoms with Crippen LogP contribution in [0.4, 0.5) is 13.2 Å². The molecule has 3 aromatic rings. The molecule has 1 aromatic heterocycles. The number of carbonyl (C=O) groups excluding carboxylic acids is 1. The number of benzene rings is 2. The third-order valence-electron chi connectivity index (χ3n) is 4.93. The lowest BCUT2D eigenvalue weighted by Gasteiger charge is -2.18. The molecule has 0 aliphatic heterocycles. The van der Waals surface area contributed by atoms with Gasteiger partial charge in [-0.2, -0.15) is 13.2 Å². The molecule has 1 unspecified atom stereocenters. The first-order valence-corrected chi connectivity index (χ1v) is 11.1. The number of hydrogen-bond donors (Lipinski definition) is 3. The predicted molar refractivity (Wildman–Crippen MR) is 123 cm³/mol. The Morgan fingerprint density at radius 2 is 1.77 bits per heavy atom. The van der Waals surface area contributed by atoms with E-state index in [2.05, 4.69) is 10.4 Å². The highest BCUT2D eigenvalue weighted by molar-refractivity contribution is 6.42. The Bertz CT molecular complexity index is 1260. The van der Waals surface area contributed by atoms with Crippen LogP contribution in [-0.4, -0.2) is 49.4 Å². The first-order valence-electron chi connectivity index (χ1n) is 9.94. The van der Waals surface area contributed by atoms with Gasteiger partial charge < -0.3 is 15.5 Å². The minimum absolute atomic E-state index is 0.112. The van der Waals surface area contributed by atoms with Crippen molar-refractivity contribution in [2.75, 3.05) is 6.61 Å². The second kappa shape index (κ2) is 11.0. The summed E-state index contributed by atoms with van der Waals surface area (Å²) in [4.78, 5) is 25.5. The van der Waals surface area contributed by atoms with E-state index >= 15 is 0 Å². The molecule has 3 N–H and O–H groups in total. The molecule has 0 aliphatic rings. The van der Waals surface area contributed by atoms with Gasteiger partial charge in [-0.15, -0.1) is 5.10 Å². The van der Waals surface area contributed by atoms with Gasteiger partial charge in [-0.05, 0) is 35.9 Å². The fourth-order valence-electron chi connectivity index (χ4n) is 3.18. The summed E-state index contributed by atoms with van der Waals surface area (Å²) in [5.74, 6) is -0.995. The number of hydrogen-bond acceptors (Lipinski definition) is 5. The summed E-state index contributed by atoms with van der Waals surface area (Å²) in [6.07, 6.45) is -7.83. The number of halogens is 6. The van der Waals surface area contributed by atoms with E-state index in [0.29, 0.717) is 19.8 Å². The smallest absolute Gasteiger partial charge is 0.394 e. The average Bonchev–Trinajstić information content (AvgIpc) is 3.09. The Morgan fingerprint density at radius 3 is 2.37 bits per heavy atom. The normalized spacial score (nSPS) is 13.5. The number of aromatic nitrogens is 3. The van der Waals surface area contributed by atoms with Crippen LogP contribution in [0.2, 0.25) is 15.1 Å². The summed E-state index contributed by atoms with van der Waals surface area (Å²) in [7, 11) is 0. The largest absolute Gasteiger partial charge is 0.416 e. The van der Waals surface area contributed by atoms with Crippen molar-refractivity contribution in [1.82, 2.24) is 19.7 Å². The first kappa shape index (κ1) is 27.0. The van der Waals surface area contributed by atoms with Crippen molar-refractivity contribution < 1.29 is 28.2 Å². The Hall–Kier alpha value is -2.57. The van der Waals surface area contributed by atoms with Gasteiger partial charge in [0, 0.05) is 10.6 Å². The van der Waals surface area contributed by atoms with Crippen molar-refractivity contribution >= 4 is 40.7 Å². The van der Waals surface area contributed by atoms with E-state index in [1.807, 2.05) is 0 Å². The zero-order valence-electron chi connectivity index (χ0n) is 17.6. The minimum atomic E-state index is -4.99. The third-order valence-corrected chi connectivity index (χ3v) is 6.01. The third kappa shape index (κ3) is 6.36. The molecule has 1 amide bonds. The van der Waals surface area contributed by atoms with E-state index in [-0.39, 0.29) is 21.4 Å². The molecule has 8 nitrogen and oxygen atoms in total. The van der Waals surface area contributed by atoms with Crippen molar-refractivity contribution in [3.63, 3.8) is 0 Å². The van der Waals surface area contributed by atoms with Gasteiger partial charge >= 0.3 is 11.9 Å². The number of aliphatic hydroxyl groups excluding tert-OH is 2. The Kier molecular flexibility index (Phi) is 8.50. The lowest BCUT2D eigenvalue weighted by Crippen LogP contribution is -2.39. The van der Waals surface area contributed by atoms with Crippen LogP contribution >= 0.6 is 34.8 Å². The van der Waals surface area contributed by atoms with Gasteiger partial charge in [0.25, 0.3) is 0 Å². The Labute approximate surface area is 211 Å². The molecule has 14 heteroatoms. The van der Waals surface area contributed by atoms with Gasteiger partial charge in [0.1, 0.15) is 6.54 Å². The van der Waals surface area contributed by atoms with Crippen molar-refractivity contribution in [3.8, 4) is 11.4 Å². The number of alkyl halides is 3. The van der Waals surface area contributed by atoms with Gasteiger partial charge in [0.2, 0.25) is 5.91 Å². The maximum absolute atomic E-state index is 13.0. The molecule has 2 atom stereocenters. The second-order valence-corrected chi connectivity index (χ2v) is 8.61. The summed E-state index contributed by atoms with van der Waals surface area (Å²) in [5.41, 5.74) is -0.503. The van der Waals surface area contributed by atoms with Gasteiger partial charge in [0.05, 0.1) is 29.2 Å². The van der Waals surface area contributed by atoms with Crippen LogP contribution in [0.25, 0.3) is 11.4 Å². The van der Waals surface area contributed by atoms with E-state index in [4.69, 9.17) is 34.8 Å². The summed E-state index contributed by atoms with van der Waals surface area (Å²) in [6, 6.07) is 9.37. The highest BCUT2D eigenvalue weighted by Gasteiger charge is 2.39. The van der Waals surface area contributed by atoms with Crippen molar-refractivity contribution in [2.45, 2.75) is 31.4 Å². The van der Waals surface area contributed by atoms with Crippen LogP contribution in [0.15, 0.2) is 47.3 Å². The van der Waals surface area contributed by atoms with Crippen molar-refractivity contribution in [2.24, 2.45) is 0 Å². The molecule has 2 aromatic carbocycles. The number of carbonyl (C=O) groups is 1. The van der Waals surface area contributed by atoms with Crippen LogP contribution in [0.1, 0.15) is 11.6 Å². The molecular weight excluding hydrogens is 536 g/mol. The minimum Gasteiger partial charge on any atom is -0.394 e. The van der Waals surface area contributed by atoms with E-state index in [0.717, 1.165) is 0 Å². The molecule has 0 fully saturated rings. The highest BCUT2D eigenvalue weighted by atomic mass is 35.5. The molecule has 0 saturated carbocycles. The van der Waals surface area contributed by atoms with Crippen molar-refractivity contribution in [1.29, 1.82) is 0 Å². The maximum Gasteiger partial charge on any atom is 0.416 e. The second-order valence-electron chi connectivity index (χ2n) is 7.38. The summed E-state index contributed by atoms with van der Waals surface area (Å²) >= 11 is 18.0. The molecule has 0 saturated heterocycles. The summed E-state index contributed by atoms with van der Waals surface area (Å²) in [6.45, 7) is -2.38. The topological polar surface area (TPSA) is 109 Å². The SMILES string of the molecule is O=C(Cn1nc(-c2ccc(Cl)cc2)n(C[C@H](O)C(F)(F)F)c1=O)NC(CO)c1cccc(Cl)c1Cl. The molecule has 0 aliphatic carbocycles. The average molecular weight is 554 g/mol. The number of rotatable bonds is 8. The first-order chi connectivity index (χ1) is 16.4. The van der Waals surface area contributed by atoms with Crippen LogP contribution < -0.4 is 11.0 Å². The number of aliphatic hydroxyl groups is 2. The molecule has 3 rings (SSSR count). The predicted octanol–water partition coefficient (Wildman–Crippen LogP) is 3.45. The molecule has 0 bridgehead atoms. The molecule has 1 heterocycles. The number of nitrogens with one attached hydrogen (secondary N) is 1.